The first-order valence-electron chi connectivity index (χ1n) is 6.52. The topological polar surface area (TPSA) is 47.6 Å². The third-order valence-electron chi connectivity index (χ3n) is 3.56. The Morgan fingerprint density at radius 1 is 1.41 bits per heavy atom. The molecule has 0 aromatic heterocycles. The van der Waals surface area contributed by atoms with E-state index < -0.39 is 0 Å². The molecule has 2 unspecified atom stereocenters. The van der Waals surface area contributed by atoms with Gasteiger partial charge in [-0.25, -0.2) is 0 Å². The quantitative estimate of drug-likeness (QED) is 0.720. The Balaban J connectivity index is 2.54. The fraction of sp³-hybridized carbons (Fsp3) is 0.923. The van der Waals surface area contributed by atoms with Gasteiger partial charge in [0, 0.05) is 13.2 Å². The minimum absolute atomic E-state index is 0.0790. The Bertz CT molecular complexity index is 247. The Labute approximate surface area is 104 Å². The van der Waals surface area contributed by atoms with Gasteiger partial charge in [0.25, 0.3) is 0 Å². The summed E-state index contributed by atoms with van der Waals surface area (Å²) >= 11 is 0. The van der Waals surface area contributed by atoms with Crippen molar-refractivity contribution in [2.75, 3.05) is 26.3 Å². The van der Waals surface area contributed by atoms with Gasteiger partial charge in [-0.1, -0.05) is 13.8 Å². The predicted molar refractivity (Wildman–Crippen MR) is 66.8 cm³/mol. The minimum Gasteiger partial charge on any atom is -0.460 e. The van der Waals surface area contributed by atoms with Gasteiger partial charge in [0.15, 0.2) is 0 Å². The summed E-state index contributed by atoms with van der Waals surface area (Å²) in [6, 6.07) is 0. The van der Waals surface area contributed by atoms with Crippen molar-refractivity contribution >= 4 is 5.97 Å². The average molecular weight is 243 g/mol. The first-order chi connectivity index (χ1) is 8.03. The SMILES string of the molecule is CCOCC(C)OC(=O)C1(C(C)C)CCNC1. The molecular formula is C13H25NO3. The Kier molecular flexibility index (Phi) is 5.40. The maximum Gasteiger partial charge on any atom is 0.314 e. The van der Waals surface area contributed by atoms with Crippen LogP contribution in [-0.2, 0) is 14.3 Å². The molecular weight excluding hydrogens is 218 g/mol. The van der Waals surface area contributed by atoms with Gasteiger partial charge in [0.05, 0.1) is 12.0 Å². The van der Waals surface area contributed by atoms with Gasteiger partial charge in [-0.3, -0.25) is 4.79 Å². The lowest BCUT2D eigenvalue weighted by molar-refractivity contribution is -0.165. The zero-order valence-corrected chi connectivity index (χ0v) is 11.4. The largest absolute Gasteiger partial charge is 0.460 e. The summed E-state index contributed by atoms with van der Waals surface area (Å²) in [5.74, 6) is 0.217. The van der Waals surface area contributed by atoms with Gasteiger partial charge in [0.2, 0.25) is 0 Å². The van der Waals surface area contributed by atoms with E-state index in [1.165, 1.54) is 0 Å². The molecule has 1 aliphatic rings. The monoisotopic (exact) mass is 243 g/mol. The standard InChI is InChI=1S/C13H25NO3/c1-5-16-8-11(4)17-12(15)13(10(2)3)6-7-14-9-13/h10-11,14H,5-9H2,1-4H3. The molecule has 4 nitrogen and oxygen atoms in total. The molecule has 2 atom stereocenters. The van der Waals surface area contributed by atoms with Crippen LogP contribution in [0.25, 0.3) is 0 Å². The molecule has 1 fully saturated rings. The van der Waals surface area contributed by atoms with E-state index in [1.54, 1.807) is 0 Å². The number of carbonyl (C=O) groups is 1. The van der Waals surface area contributed by atoms with Crippen molar-refractivity contribution in [3.8, 4) is 0 Å². The van der Waals surface area contributed by atoms with Crippen molar-refractivity contribution in [2.45, 2.75) is 40.2 Å². The summed E-state index contributed by atoms with van der Waals surface area (Å²) in [6.45, 7) is 10.7. The first-order valence-corrected chi connectivity index (χ1v) is 6.52. The van der Waals surface area contributed by atoms with Crippen LogP contribution in [0, 0.1) is 11.3 Å². The van der Waals surface area contributed by atoms with Gasteiger partial charge in [-0.2, -0.15) is 0 Å². The number of nitrogens with one attached hydrogen (secondary N) is 1. The summed E-state index contributed by atoms with van der Waals surface area (Å²) in [5, 5.41) is 3.26. The summed E-state index contributed by atoms with van der Waals surface area (Å²) in [5.41, 5.74) is -0.347. The molecule has 0 saturated carbocycles. The molecule has 1 N–H and O–H groups in total. The van der Waals surface area contributed by atoms with E-state index in [9.17, 15) is 4.79 Å². The Hall–Kier alpha value is -0.610. The third-order valence-corrected chi connectivity index (χ3v) is 3.56. The second-order valence-corrected chi connectivity index (χ2v) is 5.11. The number of hydrogen-bond acceptors (Lipinski definition) is 4. The fourth-order valence-corrected chi connectivity index (χ4v) is 2.23. The summed E-state index contributed by atoms with van der Waals surface area (Å²) in [7, 11) is 0. The lowest BCUT2D eigenvalue weighted by Crippen LogP contribution is -2.41. The number of carbonyl (C=O) groups excluding carboxylic acids is 1. The van der Waals surface area contributed by atoms with E-state index in [0.717, 1.165) is 19.5 Å². The first kappa shape index (κ1) is 14.5. The van der Waals surface area contributed by atoms with Crippen molar-refractivity contribution in [1.29, 1.82) is 0 Å². The van der Waals surface area contributed by atoms with Gasteiger partial charge in [-0.05, 0) is 32.7 Å². The highest BCUT2D eigenvalue weighted by Crippen LogP contribution is 2.35. The Morgan fingerprint density at radius 3 is 2.59 bits per heavy atom. The highest BCUT2D eigenvalue weighted by Gasteiger charge is 2.45. The molecule has 1 heterocycles. The van der Waals surface area contributed by atoms with Crippen LogP contribution in [0.1, 0.15) is 34.1 Å². The molecule has 0 radical (unpaired) electrons. The van der Waals surface area contributed by atoms with Crippen LogP contribution >= 0.6 is 0 Å². The number of hydrogen-bond donors (Lipinski definition) is 1. The molecule has 0 bridgehead atoms. The van der Waals surface area contributed by atoms with Crippen LogP contribution in [0.3, 0.4) is 0 Å². The van der Waals surface area contributed by atoms with Crippen LogP contribution in [-0.4, -0.2) is 38.4 Å². The van der Waals surface area contributed by atoms with Gasteiger partial charge in [0.1, 0.15) is 6.10 Å². The maximum atomic E-state index is 12.3. The summed E-state index contributed by atoms with van der Waals surface area (Å²) < 4.78 is 10.8. The van der Waals surface area contributed by atoms with Crippen LogP contribution in [0.15, 0.2) is 0 Å². The highest BCUT2D eigenvalue weighted by atomic mass is 16.6. The summed E-state index contributed by atoms with van der Waals surface area (Å²) in [4.78, 5) is 12.3. The van der Waals surface area contributed by atoms with E-state index in [0.29, 0.717) is 19.1 Å². The van der Waals surface area contributed by atoms with Crippen molar-refractivity contribution in [3.05, 3.63) is 0 Å². The van der Waals surface area contributed by atoms with Gasteiger partial charge < -0.3 is 14.8 Å². The molecule has 0 aromatic carbocycles. The van der Waals surface area contributed by atoms with E-state index in [1.807, 2.05) is 13.8 Å². The smallest absolute Gasteiger partial charge is 0.314 e. The fourth-order valence-electron chi connectivity index (χ4n) is 2.23. The molecule has 1 aliphatic heterocycles. The van der Waals surface area contributed by atoms with Gasteiger partial charge in [-0.15, -0.1) is 0 Å². The van der Waals surface area contributed by atoms with Crippen LogP contribution in [0.2, 0.25) is 0 Å². The number of rotatable bonds is 6. The molecule has 1 rings (SSSR count). The normalized spacial score (nSPS) is 26.2. The van der Waals surface area contributed by atoms with Crippen molar-refractivity contribution in [2.24, 2.45) is 11.3 Å². The average Bonchev–Trinajstić information content (AvgIpc) is 2.76. The molecule has 4 heteroatoms. The van der Waals surface area contributed by atoms with Crippen molar-refractivity contribution in [1.82, 2.24) is 5.32 Å². The second-order valence-electron chi connectivity index (χ2n) is 5.11. The predicted octanol–water partition coefficient (Wildman–Crippen LogP) is 1.59. The maximum absolute atomic E-state index is 12.3. The number of esters is 1. The second kappa shape index (κ2) is 6.36. The van der Waals surface area contributed by atoms with Crippen LogP contribution < -0.4 is 5.32 Å². The van der Waals surface area contributed by atoms with Crippen molar-refractivity contribution < 1.29 is 14.3 Å². The molecule has 100 valence electrons. The van der Waals surface area contributed by atoms with E-state index in [2.05, 4.69) is 19.2 Å². The van der Waals surface area contributed by atoms with E-state index >= 15 is 0 Å². The lowest BCUT2D eigenvalue weighted by Gasteiger charge is -2.31. The third kappa shape index (κ3) is 3.42. The highest BCUT2D eigenvalue weighted by molar-refractivity contribution is 5.78. The molecule has 17 heavy (non-hydrogen) atoms. The molecule has 0 aromatic rings. The van der Waals surface area contributed by atoms with Crippen LogP contribution in [0.5, 0.6) is 0 Å². The zero-order chi connectivity index (χ0) is 12.9. The molecule has 0 amide bonds. The van der Waals surface area contributed by atoms with Gasteiger partial charge >= 0.3 is 5.97 Å². The summed E-state index contributed by atoms with van der Waals surface area (Å²) in [6.07, 6.45) is 0.698. The van der Waals surface area contributed by atoms with E-state index in [-0.39, 0.29) is 17.5 Å². The Morgan fingerprint density at radius 2 is 2.12 bits per heavy atom. The minimum atomic E-state index is -0.347. The number of ether oxygens (including phenoxy) is 2. The van der Waals surface area contributed by atoms with E-state index in [4.69, 9.17) is 9.47 Å². The lowest BCUT2D eigenvalue weighted by atomic mass is 9.76. The molecule has 0 aliphatic carbocycles. The molecule has 0 spiro atoms. The van der Waals surface area contributed by atoms with Crippen LogP contribution in [0.4, 0.5) is 0 Å². The van der Waals surface area contributed by atoms with Crippen molar-refractivity contribution in [3.63, 3.8) is 0 Å². The molecule has 1 saturated heterocycles. The zero-order valence-electron chi connectivity index (χ0n) is 11.4.